The van der Waals surface area contributed by atoms with Gasteiger partial charge in [0.15, 0.2) is 0 Å². The van der Waals surface area contributed by atoms with Gasteiger partial charge in [0.25, 0.3) is 0 Å². The summed E-state index contributed by atoms with van der Waals surface area (Å²) in [6.07, 6.45) is 0.922. The first kappa shape index (κ1) is 17.4. The van der Waals surface area contributed by atoms with Crippen LogP contribution in [-0.2, 0) is 11.2 Å². The Morgan fingerprint density at radius 2 is 1.59 bits per heavy atom. The fourth-order valence-electron chi connectivity index (χ4n) is 3.20. The summed E-state index contributed by atoms with van der Waals surface area (Å²) in [6, 6.07) is 25.7. The lowest BCUT2D eigenvalue weighted by molar-refractivity contribution is -0.116. The first-order valence-electron chi connectivity index (χ1n) is 9.05. The second-order valence-electron chi connectivity index (χ2n) is 6.39. The number of hydrogen-bond donors (Lipinski definition) is 1. The topological polar surface area (TPSA) is 42.0 Å². The highest BCUT2D eigenvalue weighted by Crippen LogP contribution is 2.29. The van der Waals surface area contributed by atoms with Crippen LogP contribution in [0, 0.1) is 0 Å². The van der Waals surface area contributed by atoms with Gasteiger partial charge in [0.1, 0.15) is 0 Å². The van der Waals surface area contributed by atoms with Crippen molar-refractivity contribution in [2.45, 2.75) is 19.3 Å². The molecule has 4 rings (SSSR count). The number of nitrogens with one attached hydrogen (secondary N) is 1. The number of nitrogens with zero attached hydrogens (tertiary/aromatic N) is 1. The Balaban J connectivity index is 1.66. The van der Waals surface area contributed by atoms with E-state index in [1.165, 1.54) is 0 Å². The molecule has 1 heterocycles. The molecule has 134 valence electrons. The minimum Gasteiger partial charge on any atom is -0.325 e. The second kappa shape index (κ2) is 7.72. The van der Waals surface area contributed by atoms with E-state index < -0.39 is 0 Å². The molecule has 27 heavy (non-hydrogen) atoms. The molecular weight excluding hydrogens is 352 g/mol. The van der Waals surface area contributed by atoms with Gasteiger partial charge in [0.2, 0.25) is 5.91 Å². The predicted molar refractivity (Wildman–Crippen MR) is 112 cm³/mol. The Bertz CT molecular complexity index is 1020. The third-order valence-corrected chi connectivity index (χ3v) is 5.69. The van der Waals surface area contributed by atoms with Gasteiger partial charge in [-0.15, -0.1) is 11.3 Å². The van der Waals surface area contributed by atoms with Crippen molar-refractivity contribution in [2.24, 2.45) is 0 Å². The quantitative estimate of drug-likeness (QED) is 0.493. The maximum atomic E-state index is 13.2. The van der Waals surface area contributed by atoms with Gasteiger partial charge in [0, 0.05) is 5.69 Å². The van der Waals surface area contributed by atoms with Crippen LogP contribution in [0.15, 0.2) is 78.9 Å². The Kier molecular flexibility index (Phi) is 4.99. The number of amides is 1. The molecule has 0 spiro atoms. The third-order valence-electron chi connectivity index (χ3n) is 4.53. The number of hydrogen-bond acceptors (Lipinski definition) is 3. The molecule has 0 atom stereocenters. The fraction of sp³-hybridized carbons (Fsp3) is 0.130. The SMILES string of the molecule is CCc1nc2ccc(NC(=O)C(c3ccccc3)c3ccccc3)cc2s1. The fourth-order valence-corrected chi connectivity index (χ4v) is 4.15. The highest BCUT2D eigenvalue weighted by molar-refractivity contribution is 7.18. The first-order chi connectivity index (χ1) is 13.2. The minimum atomic E-state index is -0.351. The number of fused-ring (bicyclic) bond motifs is 1. The van der Waals surface area contributed by atoms with Crippen molar-refractivity contribution in [2.75, 3.05) is 5.32 Å². The molecule has 0 aliphatic rings. The molecule has 4 heteroatoms. The van der Waals surface area contributed by atoms with E-state index in [1.54, 1.807) is 11.3 Å². The van der Waals surface area contributed by atoms with Crippen LogP contribution in [0.4, 0.5) is 5.69 Å². The largest absolute Gasteiger partial charge is 0.325 e. The smallest absolute Gasteiger partial charge is 0.236 e. The van der Waals surface area contributed by atoms with Crippen molar-refractivity contribution in [3.05, 3.63) is 95.0 Å². The van der Waals surface area contributed by atoms with Gasteiger partial charge in [-0.25, -0.2) is 4.98 Å². The number of benzene rings is 3. The van der Waals surface area contributed by atoms with Crippen LogP contribution < -0.4 is 5.32 Å². The average molecular weight is 372 g/mol. The van der Waals surface area contributed by atoms with Crippen LogP contribution in [0.5, 0.6) is 0 Å². The molecule has 0 bridgehead atoms. The molecule has 0 aliphatic carbocycles. The van der Waals surface area contributed by atoms with Gasteiger partial charge in [-0.05, 0) is 35.7 Å². The van der Waals surface area contributed by atoms with E-state index in [9.17, 15) is 4.79 Å². The lowest BCUT2D eigenvalue weighted by Crippen LogP contribution is -2.22. The summed E-state index contributed by atoms with van der Waals surface area (Å²) in [5.74, 6) is -0.386. The van der Waals surface area contributed by atoms with E-state index >= 15 is 0 Å². The summed E-state index contributed by atoms with van der Waals surface area (Å²) in [5.41, 5.74) is 3.75. The normalized spacial score (nSPS) is 11.0. The minimum absolute atomic E-state index is 0.0352. The van der Waals surface area contributed by atoms with E-state index in [1.807, 2.05) is 78.9 Å². The average Bonchev–Trinajstić information content (AvgIpc) is 3.12. The molecule has 1 amide bonds. The zero-order valence-corrected chi connectivity index (χ0v) is 15.9. The molecule has 1 N–H and O–H groups in total. The van der Waals surface area contributed by atoms with Crippen molar-refractivity contribution in [1.29, 1.82) is 0 Å². The van der Waals surface area contributed by atoms with Crippen molar-refractivity contribution in [3.63, 3.8) is 0 Å². The molecule has 3 nitrogen and oxygen atoms in total. The van der Waals surface area contributed by atoms with Crippen LogP contribution in [0.25, 0.3) is 10.2 Å². The monoisotopic (exact) mass is 372 g/mol. The van der Waals surface area contributed by atoms with Crippen LogP contribution in [0.3, 0.4) is 0 Å². The Labute approximate surface area is 162 Å². The highest BCUT2D eigenvalue weighted by Gasteiger charge is 2.22. The van der Waals surface area contributed by atoms with Crippen LogP contribution in [-0.4, -0.2) is 10.9 Å². The molecule has 0 saturated heterocycles. The summed E-state index contributed by atoms with van der Waals surface area (Å²) in [5, 5.41) is 4.21. The van der Waals surface area contributed by atoms with E-state index in [0.29, 0.717) is 0 Å². The third kappa shape index (κ3) is 3.76. The first-order valence-corrected chi connectivity index (χ1v) is 9.86. The Morgan fingerprint density at radius 1 is 0.963 bits per heavy atom. The molecule has 4 aromatic rings. The van der Waals surface area contributed by atoms with Crippen molar-refractivity contribution in [1.82, 2.24) is 4.98 Å². The number of aryl methyl sites for hydroxylation is 1. The second-order valence-corrected chi connectivity index (χ2v) is 7.50. The number of carbonyl (C=O) groups is 1. The summed E-state index contributed by atoms with van der Waals surface area (Å²) in [7, 11) is 0. The molecule has 0 radical (unpaired) electrons. The van der Waals surface area contributed by atoms with Crippen LogP contribution >= 0.6 is 11.3 Å². The molecular formula is C23H20N2OS. The highest BCUT2D eigenvalue weighted by atomic mass is 32.1. The lowest BCUT2D eigenvalue weighted by Gasteiger charge is -2.18. The zero-order chi connectivity index (χ0) is 18.6. The van der Waals surface area contributed by atoms with Gasteiger partial charge in [-0.3, -0.25) is 4.79 Å². The van der Waals surface area contributed by atoms with Gasteiger partial charge < -0.3 is 5.32 Å². The van der Waals surface area contributed by atoms with Gasteiger partial charge in [-0.1, -0.05) is 67.6 Å². The Hall–Kier alpha value is -2.98. The van der Waals surface area contributed by atoms with E-state index in [4.69, 9.17) is 0 Å². The molecule has 0 unspecified atom stereocenters. The lowest BCUT2D eigenvalue weighted by atomic mass is 9.90. The van der Waals surface area contributed by atoms with Gasteiger partial charge >= 0.3 is 0 Å². The maximum absolute atomic E-state index is 13.2. The maximum Gasteiger partial charge on any atom is 0.236 e. The number of carbonyl (C=O) groups excluding carboxylic acids is 1. The summed E-state index contributed by atoms with van der Waals surface area (Å²) in [6.45, 7) is 2.10. The molecule has 0 saturated carbocycles. The molecule has 1 aromatic heterocycles. The number of anilines is 1. The number of thiazole rings is 1. The van der Waals surface area contributed by atoms with E-state index in [-0.39, 0.29) is 11.8 Å². The summed E-state index contributed by atoms with van der Waals surface area (Å²) < 4.78 is 1.10. The van der Waals surface area contributed by atoms with Crippen LogP contribution in [0.2, 0.25) is 0 Å². The Morgan fingerprint density at radius 3 is 2.19 bits per heavy atom. The van der Waals surface area contributed by atoms with Gasteiger partial charge in [-0.2, -0.15) is 0 Å². The molecule has 0 aliphatic heterocycles. The van der Waals surface area contributed by atoms with Crippen molar-refractivity contribution < 1.29 is 4.79 Å². The van der Waals surface area contributed by atoms with Crippen molar-refractivity contribution in [3.8, 4) is 0 Å². The molecule has 3 aromatic carbocycles. The van der Waals surface area contributed by atoms with Crippen LogP contribution in [0.1, 0.15) is 29.0 Å². The molecule has 0 fully saturated rings. The number of rotatable bonds is 5. The van der Waals surface area contributed by atoms with Gasteiger partial charge in [0.05, 0.1) is 21.1 Å². The van der Waals surface area contributed by atoms with E-state index in [2.05, 4.69) is 17.2 Å². The zero-order valence-electron chi connectivity index (χ0n) is 15.1. The predicted octanol–water partition coefficient (Wildman–Crippen LogP) is 5.63. The summed E-state index contributed by atoms with van der Waals surface area (Å²) in [4.78, 5) is 17.8. The number of aromatic nitrogens is 1. The van der Waals surface area contributed by atoms with Crippen molar-refractivity contribution >= 4 is 33.1 Å². The standard InChI is InChI=1S/C23H20N2OS/c1-2-21-25-19-14-13-18(15-20(19)27-21)24-23(26)22(16-9-5-3-6-10-16)17-11-7-4-8-12-17/h3-15,22H,2H2,1H3,(H,24,26). The van der Waals surface area contributed by atoms with E-state index in [0.717, 1.165) is 38.5 Å². The summed E-state index contributed by atoms with van der Waals surface area (Å²) >= 11 is 1.68.